The second kappa shape index (κ2) is 3.93. The molecule has 0 saturated carbocycles. The molecule has 0 amide bonds. The van der Waals surface area contributed by atoms with Gasteiger partial charge in [-0.3, -0.25) is 4.55 Å². The first-order valence-electron chi connectivity index (χ1n) is 2.93. The molecule has 0 heterocycles. The van der Waals surface area contributed by atoms with Gasteiger partial charge in [-0.05, 0) is 0 Å². The van der Waals surface area contributed by atoms with Gasteiger partial charge in [-0.25, -0.2) is 13.2 Å². The third-order valence-corrected chi connectivity index (χ3v) is 2.33. The first kappa shape index (κ1) is 13.5. The Hall–Kier alpha value is -0.510. The monoisotopic (exact) mass is 246 g/mol. The first-order chi connectivity index (χ1) is 5.98. The highest BCUT2D eigenvalue weighted by Crippen LogP contribution is 2.31. The Morgan fingerprint density at radius 1 is 1.07 bits per heavy atom. The van der Waals surface area contributed by atoms with Crippen molar-refractivity contribution in [3.05, 3.63) is 0 Å². The molecular weight excluding hydrogens is 242 g/mol. The van der Waals surface area contributed by atoms with Crippen LogP contribution in [-0.4, -0.2) is 37.0 Å². The topological polar surface area (TPSA) is 54.4 Å². The molecule has 0 fully saturated rings. The summed E-state index contributed by atoms with van der Waals surface area (Å²) in [6.45, 7) is 0. The number of hydrogen-bond donors (Lipinski definition) is 1. The molecule has 0 aromatic rings. The van der Waals surface area contributed by atoms with E-state index in [2.05, 4.69) is 0 Å². The third-order valence-electron chi connectivity index (χ3n) is 1.19. The molecule has 2 atom stereocenters. The van der Waals surface area contributed by atoms with Gasteiger partial charge in [0.2, 0.25) is 6.17 Å². The van der Waals surface area contributed by atoms with Crippen molar-refractivity contribution in [1.29, 1.82) is 0 Å². The van der Waals surface area contributed by atoms with Gasteiger partial charge < -0.3 is 0 Å². The van der Waals surface area contributed by atoms with Crippen LogP contribution in [0.1, 0.15) is 0 Å². The molecule has 86 valence electrons. The molecule has 0 spiro atoms. The summed E-state index contributed by atoms with van der Waals surface area (Å²) >= 11 is 0. The summed E-state index contributed by atoms with van der Waals surface area (Å²) in [6, 6.07) is 0. The molecule has 0 aromatic heterocycles. The Bertz CT molecular complexity index is 282. The van der Waals surface area contributed by atoms with Crippen molar-refractivity contribution in [3.8, 4) is 0 Å². The van der Waals surface area contributed by atoms with Gasteiger partial charge in [0.1, 0.15) is 0 Å². The van der Waals surface area contributed by atoms with Gasteiger partial charge in [0.15, 0.2) is 5.25 Å². The average molecular weight is 246 g/mol. The predicted molar refractivity (Wildman–Crippen MR) is 32.3 cm³/mol. The van der Waals surface area contributed by atoms with E-state index >= 15 is 0 Å². The lowest BCUT2D eigenvalue weighted by Crippen LogP contribution is -2.45. The van der Waals surface area contributed by atoms with Crippen molar-refractivity contribution in [2.45, 2.75) is 24.0 Å². The molecule has 0 bridgehead atoms. The van der Waals surface area contributed by atoms with Gasteiger partial charge in [0.25, 0.3) is 16.5 Å². The van der Waals surface area contributed by atoms with E-state index in [-0.39, 0.29) is 0 Å². The average Bonchev–Trinajstić information content (AvgIpc) is 1.79. The molecule has 1 N–H and O–H groups in total. The fourth-order valence-electron chi connectivity index (χ4n) is 0.595. The molecule has 0 aromatic carbocycles. The third kappa shape index (κ3) is 3.33. The molecule has 0 aliphatic heterocycles. The lowest BCUT2D eigenvalue weighted by molar-refractivity contribution is -0.187. The van der Waals surface area contributed by atoms with Crippen LogP contribution in [0.4, 0.5) is 26.3 Å². The van der Waals surface area contributed by atoms with E-state index in [1.54, 1.807) is 0 Å². The highest BCUT2D eigenvalue weighted by Gasteiger charge is 2.54. The number of rotatable bonds is 3. The molecule has 10 heteroatoms. The maximum absolute atomic E-state index is 12.2. The van der Waals surface area contributed by atoms with E-state index < -0.39 is 34.1 Å². The van der Waals surface area contributed by atoms with Gasteiger partial charge in [-0.15, -0.1) is 0 Å². The summed E-state index contributed by atoms with van der Waals surface area (Å²) in [6.07, 6.45) is -14.3. The van der Waals surface area contributed by atoms with E-state index in [4.69, 9.17) is 4.55 Å². The zero-order valence-corrected chi connectivity index (χ0v) is 6.99. The summed E-state index contributed by atoms with van der Waals surface area (Å²) in [7, 11) is -5.79. The standard InChI is InChI=1S/C4H4F6O3S/c5-2(4(8,9)10)1(3(6)7)14(11,12)13/h1-3H,(H,11,12,13). The number of halogens is 6. The molecule has 0 aliphatic carbocycles. The Labute approximate surface area is 74.5 Å². The minimum absolute atomic E-state index is 3.80. The fraction of sp³-hybridized carbons (Fsp3) is 1.00. The first-order valence-corrected chi connectivity index (χ1v) is 4.43. The fourth-order valence-corrected chi connectivity index (χ4v) is 1.31. The van der Waals surface area contributed by atoms with Crippen molar-refractivity contribution in [1.82, 2.24) is 0 Å². The molecule has 14 heavy (non-hydrogen) atoms. The summed E-state index contributed by atoms with van der Waals surface area (Å²) in [5.74, 6) is 0. The SMILES string of the molecule is O=S(=O)(O)C(C(F)F)C(F)C(F)(F)F. The molecule has 0 saturated heterocycles. The quantitative estimate of drug-likeness (QED) is 0.605. The summed E-state index contributed by atoms with van der Waals surface area (Å²) in [4.78, 5) is 0. The van der Waals surface area contributed by atoms with Crippen LogP contribution >= 0.6 is 0 Å². The summed E-state index contributed by atoms with van der Waals surface area (Å²) in [5, 5.41) is -3.80. The zero-order valence-electron chi connectivity index (χ0n) is 6.17. The molecule has 0 radical (unpaired) electrons. The summed E-state index contributed by atoms with van der Waals surface area (Å²) < 4.78 is 98.0. The Kier molecular flexibility index (Phi) is 3.78. The van der Waals surface area contributed by atoms with Crippen LogP contribution < -0.4 is 0 Å². The van der Waals surface area contributed by atoms with Crippen LogP contribution in [0.5, 0.6) is 0 Å². The largest absolute Gasteiger partial charge is 0.421 e. The summed E-state index contributed by atoms with van der Waals surface area (Å²) in [5.41, 5.74) is 0. The maximum atomic E-state index is 12.2. The zero-order chi connectivity index (χ0) is 11.7. The van der Waals surface area contributed by atoms with Crippen molar-refractivity contribution in [3.63, 3.8) is 0 Å². The van der Waals surface area contributed by atoms with E-state index in [1.807, 2.05) is 0 Å². The molecular formula is C4H4F6O3S. The second-order valence-electron chi connectivity index (χ2n) is 2.26. The Morgan fingerprint density at radius 2 is 1.43 bits per heavy atom. The normalized spacial score (nSPS) is 18.3. The van der Waals surface area contributed by atoms with Crippen molar-refractivity contribution < 1.29 is 39.3 Å². The molecule has 0 aliphatic rings. The van der Waals surface area contributed by atoms with Crippen molar-refractivity contribution >= 4 is 10.1 Å². The highest BCUT2D eigenvalue weighted by molar-refractivity contribution is 7.86. The Balaban J connectivity index is 5.07. The van der Waals surface area contributed by atoms with Gasteiger partial charge >= 0.3 is 6.18 Å². The van der Waals surface area contributed by atoms with Crippen LogP contribution in [0, 0.1) is 0 Å². The maximum Gasteiger partial charge on any atom is 0.421 e. The smallest absolute Gasteiger partial charge is 0.285 e. The van der Waals surface area contributed by atoms with E-state index in [9.17, 15) is 34.8 Å². The predicted octanol–water partition coefficient (Wildman–Crippen LogP) is 1.41. The molecule has 0 rings (SSSR count). The number of alkyl halides is 6. The van der Waals surface area contributed by atoms with Crippen LogP contribution in [0.25, 0.3) is 0 Å². The van der Waals surface area contributed by atoms with Crippen LogP contribution in [-0.2, 0) is 10.1 Å². The van der Waals surface area contributed by atoms with E-state index in [0.29, 0.717) is 0 Å². The van der Waals surface area contributed by atoms with E-state index in [0.717, 1.165) is 0 Å². The molecule has 2 unspecified atom stereocenters. The van der Waals surface area contributed by atoms with E-state index in [1.165, 1.54) is 0 Å². The minimum atomic E-state index is -5.79. The lowest BCUT2D eigenvalue weighted by atomic mass is 10.3. The lowest BCUT2D eigenvalue weighted by Gasteiger charge is -2.19. The van der Waals surface area contributed by atoms with Gasteiger partial charge in [0.05, 0.1) is 0 Å². The van der Waals surface area contributed by atoms with Gasteiger partial charge in [0, 0.05) is 0 Å². The minimum Gasteiger partial charge on any atom is -0.285 e. The van der Waals surface area contributed by atoms with Crippen LogP contribution in [0.3, 0.4) is 0 Å². The number of hydrogen-bond acceptors (Lipinski definition) is 2. The second-order valence-corrected chi connectivity index (χ2v) is 3.83. The van der Waals surface area contributed by atoms with Crippen LogP contribution in [0.2, 0.25) is 0 Å². The van der Waals surface area contributed by atoms with Gasteiger partial charge in [-0.1, -0.05) is 0 Å². The van der Waals surface area contributed by atoms with Crippen LogP contribution in [0.15, 0.2) is 0 Å². The molecule has 3 nitrogen and oxygen atoms in total. The highest BCUT2D eigenvalue weighted by atomic mass is 32.2. The van der Waals surface area contributed by atoms with Crippen molar-refractivity contribution in [2.24, 2.45) is 0 Å². The van der Waals surface area contributed by atoms with Crippen molar-refractivity contribution in [2.75, 3.05) is 0 Å². The van der Waals surface area contributed by atoms with Gasteiger partial charge in [-0.2, -0.15) is 21.6 Å². The Morgan fingerprint density at radius 3 is 1.50 bits per heavy atom.